The summed E-state index contributed by atoms with van der Waals surface area (Å²) in [6, 6.07) is 2.06. The van der Waals surface area contributed by atoms with Crippen LogP contribution in [-0.2, 0) is 4.74 Å². The molecule has 2 aliphatic rings. The lowest BCUT2D eigenvalue weighted by molar-refractivity contribution is 0.0932. The van der Waals surface area contributed by atoms with E-state index >= 15 is 0 Å². The van der Waals surface area contributed by atoms with E-state index in [1.165, 1.54) is 12.8 Å². The molecule has 1 saturated heterocycles. The third kappa shape index (κ3) is 3.50. The Hall–Kier alpha value is -1.69. The molecule has 0 radical (unpaired) electrons. The van der Waals surface area contributed by atoms with Crippen molar-refractivity contribution in [2.45, 2.75) is 38.6 Å². The van der Waals surface area contributed by atoms with Crippen molar-refractivity contribution in [3.05, 3.63) is 17.5 Å². The van der Waals surface area contributed by atoms with Gasteiger partial charge in [0.05, 0.1) is 13.2 Å². The van der Waals surface area contributed by atoms with Crippen LogP contribution in [0.1, 0.15) is 41.9 Å². The van der Waals surface area contributed by atoms with E-state index in [9.17, 15) is 4.79 Å². The first kappa shape index (κ1) is 14.3. The van der Waals surface area contributed by atoms with Gasteiger partial charge in [-0.1, -0.05) is 12.8 Å². The largest absolute Gasteiger partial charge is 0.378 e. The molecule has 0 atom stereocenters. The van der Waals surface area contributed by atoms with Crippen molar-refractivity contribution in [1.29, 1.82) is 0 Å². The molecular weight excluding hydrogens is 268 g/mol. The summed E-state index contributed by atoms with van der Waals surface area (Å²) in [4.78, 5) is 23.3. The van der Waals surface area contributed by atoms with Gasteiger partial charge in [0.25, 0.3) is 5.91 Å². The molecule has 1 aliphatic carbocycles. The summed E-state index contributed by atoms with van der Waals surface area (Å²) in [7, 11) is 0. The molecule has 1 aromatic heterocycles. The van der Waals surface area contributed by atoms with Crippen molar-refractivity contribution in [3.63, 3.8) is 0 Å². The molecule has 1 N–H and O–H groups in total. The van der Waals surface area contributed by atoms with Gasteiger partial charge in [0, 0.05) is 24.8 Å². The van der Waals surface area contributed by atoms with Crippen LogP contribution in [-0.4, -0.2) is 48.2 Å². The van der Waals surface area contributed by atoms with Gasteiger partial charge in [-0.15, -0.1) is 0 Å². The second kappa shape index (κ2) is 6.39. The number of amides is 1. The van der Waals surface area contributed by atoms with E-state index in [-0.39, 0.29) is 5.91 Å². The predicted octanol–water partition coefficient (Wildman–Crippen LogP) is 1.29. The van der Waals surface area contributed by atoms with Gasteiger partial charge < -0.3 is 15.0 Å². The van der Waals surface area contributed by atoms with Crippen molar-refractivity contribution in [2.24, 2.45) is 0 Å². The van der Waals surface area contributed by atoms with Gasteiger partial charge in [-0.3, -0.25) is 4.79 Å². The Morgan fingerprint density at radius 2 is 2.00 bits per heavy atom. The van der Waals surface area contributed by atoms with Gasteiger partial charge >= 0.3 is 0 Å². The second-order valence-corrected chi connectivity index (χ2v) is 5.75. The van der Waals surface area contributed by atoms with Gasteiger partial charge in [0.15, 0.2) is 0 Å². The first-order chi connectivity index (χ1) is 10.2. The number of nitrogens with zero attached hydrogens (tertiary/aromatic N) is 3. The Morgan fingerprint density at radius 1 is 1.29 bits per heavy atom. The smallest absolute Gasteiger partial charge is 0.270 e. The molecule has 0 spiro atoms. The monoisotopic (exact) mass is 290 g/mol. The number of carbonyl (C=O) groups excluding carboxylic acids is 1. The number of hydrogen-bond donors (Lipinski definition) is 1. The molecular formula is C15H22N4O2. The average Bonchev–Trinajstić information content (AvgIpc) is 3.00. The molecule has 114 valence electrons. The lowest BCUT2D eigenvalue weighted by Gasteiger charge is -2.27. The van der Waals surface area contributed by atoms with Gasteiger partial charge in [-0.25, -0.2) is 9.97 Å². The summed E-state index contributed by atoms with van der Waals surface area (Å²) >= 11 is 0. The van der Waals surface area contributed by atoms with E-state index in [4.69, 9.17) is 4.74 Å². The SMILES string of the molecule is Cc1cc(C(=O)NC2CCCC2)nc(N2CCOCC2)n1. The molecule has 2 heterocycles. The number of morpholine rings is 1. The Kier molecular flexibility index (Phi) is 4.34. The minimum atomic E-state index is -0.0816. The maximum atomic E-state index is 12.3. The summed E-state index contributed by atoms with van der Waals surface area (Å²) in [6.45, 7) is 4.81. The third-order valence-corrected chi connectivity index (χ3v) is 4.06. The van der Waals surface area contributed by atoms with Crippen molar-refractivity contribution >= 4 is 11.9 Å². The number of nitrogens with one attached hydrogen (secondary N) is 1. The Balaban J connectivity index is 1.74. The Bertz CT molecular complexity index is 508. The van der Waals surface area contributed by atoms with Crippen LogP contribution < -0.4 is 10.2 Å². The zero-order chi connectivity index (χ0) is 14.7. The maximum Gasteiger partial charge on any atom is 0.270 e. The van der Waals surface area contributed by atoms with Crippen LogP contribution in [0.25, 0.3) is 0 Å². The van der Waals surface area contributed by atoms with E-state index in [0.717, 1.165) is 31.6 Å². The van der Waals surface area contributed by atoms with Crippen LogP contribution in [0, 0.1) is 6.92 Å². The molecule has 0 unspecified atom stereocenters. The highest BCUT2D eigenvalue weighted by Gasteiger charge is 2.21. The van der Waals surface area contributed by atoms with E-state index in [0.29, 0.717) is 30.9 Å². The average molecular weight is 290 g/mol. The molecule has 1 amide bonds. The zero-order valence-corrected chi connectivity index (χ0v) is 12.5. The highest BCUT2D eigenvalue weighted by molar-refractivity contribution is 5.92. The van der Waals surface area contributed by atoms with Crippen LogP contribution in [0.2, 0.25) is 0 Å². The summed E-state index contributed by atoms with van der Waals surface area (Å²) in [5, 5.41) is 3.08. The normalized spacial score (nSPS) is 19.8. The number of aryl methyl sites for hydroxylation is 1. The van der Waals surface area contributed by atoms with Crippen molar-refractivity contribution < 1.29 is 9.53 Å². The molecule has 1 aromatic rings. The minimum absolute atomic E-state index is 0.0816. The van der Waals surface area contributed by atoms with Crippen LogP contribution in [0.4, 0.5) is 5.95 Å². The Morgan fingerprint density at radius 3 is 2.71 bits per heavy atom. The van der Waals surface area contributed by atoms with Gasteiger partial charge in [-0.05, 0) is 25.8 Å². The number of carbonyl (C=O) groups is 1. The van der Waals surface area contributed by atoms with E-state index < -0.39 is 0 Å². The molecule has 0 bridgehead atoms. The highest BCUT2D eigenvalue weighted by Crippen LogP contribution is 2.18. The molecule has 3 rings (SSSR count). The zero-order valence-electron chi connectivity index (χ0n) is 12.5. The van der Waals surface area contributed by atoms with E-state index in [1.54, 1.807) is 6.07 Å². The number of rotatable bonds is 3. The van der Waals surface area contributed by atoms with Gasteiger partial charge in [-0.2, -0.15) is 0 Å². The molecule has 1 aliphatic heterocycles. The van der Waals surface area contributed by atoms with Crippen LogP contribution in [0.15, 0.2) is 6.07 Å². The summed E-state index contributed by atoms with van der Waals surface area (Å²) in [5.41, 5.74) is 1.29. The quantitative estimate of drug-likeness (QED) is 0.908. The van der Waals surface area contributed by atoms with Gasteiger partial charge in [0.2, 0.25) is 5.95 Å². The molecule has 0 aromatic carbocycles. The number of ether oxygens (including phenoxy) is 1. The van der Waals surface area contributed by atoms with E-state index in [1.807, 2.05) is 6.92 Å². The lowest BCUT2D eigenvalue weighted by atomic mass is 10.2. The lowest BCUT2D eigenvalue weighted by Crippen LogP contribution is -2.38. The predicted molar refractivity (Wildman–Crippen MR) is 79.5 cm³/mol. The molecule has 6 heteroatoms. The second-order valence-electron chi connectivity index (χ2n) is 5.75. The van der Waals surface area contributed by atoms with Crippen LogP contribution >= 0.6 is 0 Å². The third-order valence-electron chi connectivity index (χ3n) is 4.06. The standard InChI is InChI=1S/C15H22N4O2/c1-11-10-13(14(20)17-12-4-2-3-5-12)18-15(16-11)19-6-8-21-9-7-19/h10,12H,2-9H2,1H3,(H,17,20). The van der Waals surface area contributed by atoms with Crippen LogP contribution in [0.3, 0.4) is 0 Å². The fraction of sp³-hybridized carbons (Fsp3) is 0.667. The van der Waals surface area contributed by atoms with Crippen molar-refractivity contribution in [2.75, 3.05) is 31.2 Å². The van der Waals surface area contributed by atoms with Crippen molar-refractivity contribution in [1.82, 2.24) is 15.3 Å². The number of hydrogen-bond acceptors (Lipinski definition) is 5. The fourth-order valence-electron chi connectivity index (χ4n) is 2.90. The fourth-order valence-corrected chi connectivity index (χ4v) is 2.90. The molecule has 6 nitrogen and oxygen atoms in total. The molecule has 1 saturated carbocycles. The maximum absolute atomic E-state index is 12.3. The summed E-state index contributed by atoms with van der Waals surface area (Å²) in [5.74, 6) is 0.553. The first-order valence-corrected chi connectivity index (χ1v) is 7.71. The Labute approximate surface area is 124 Å². The van der Waals surface area contributed by atoms with Gasteiger partial charge in [0.1, 0.15) is 5.69 Å². The highest BCUT2D eigenvalue weighted by atomic mass is 16.5. The molecule has 21 heavy (non-hydrogen) atoms. The summed E-state index contributed by atoms with van der Waals surface area (Å²) in [6.07, 6.45) is 4.55. The minimum Gasteiger partial charge on any atom is -0.378 e. The van der Waals surface area contributed by atoms with E-state index in [2.05, 4.69) is 20.2 Å². The van der Waals surface area contributed by atoms with Crippen molar-refractivity contribution in [3.8, 4) is 0 Å². The molecule has 2 fully saturated rings. The number of aromatic nitrogens is 2. The first-order valence-electron chi connectivity index (χ1n) is 7.71. The number of anilines is 1. The summed E-state index contributed by atoms with van der Waals surface area (Å²) < 4.78 is 5.34. The topological polar surface area (TPSA) is 67.4 Å². The van der Waals surface area contributed by atoms with Crippen LogP contribution in [0.5, 0.6) is 0 Å².